The minimum absolute atomic E-state index is 0.152. The number of aliphatic hydroxyl groups excluding tert-OH is 2. The summed E-state index contributed by atoms with van der Waals surface area (Å²) in [6.45, 7) is 5.58. The minimum atomic E-state index is -1.17. The largest absolute Gasteiger partial charge is 0.387 e. The Labute approximate surface area is 213 Å². The Hall–Kier alpha value is -3.03. The first-order valence-electron chi connectivity index (χ1n) is 11.7. The molecule has 36 heavy (non-hydrogen) atoms. The van der Waals surface area contributed by atoms with E-state index in [1.807, 2.05) is 13.8 Å². The number of amides is 2. The number of hydrogen-bond donors (Lipinski definition) is 5. The Morgan fingerprint density at radius 1 is 1.28 bits per heavy atom. The van der Waals surface area contributed by atoms with E-state index in [1.54, 1.807) is 28.8 Å². The van der Waals surface area contributed by atoms with Gasteiger partial charge in [-0.1, -0.05) is 17.7 Å². The van der Waals surface area contributed by atoms with Crippen LogP contribution >= 0.6 is 11.6 Å². The first-order chi connectivity index (χ1) is 17.2. The minimum Gasteiger partial charge on any atom is -0.387 e. The highest BCUT2D eigenvalue weighted by atomic mass is 35.5. The van der Waals surface area contributed by atoms with Gasteiger partial charge in [0.1, 0.15) is 30.2 Å². The van der Waals surface area contributed by atoms with Crippen LogP contribution < -0.4 is 16.4 Å². The van der Waals surface area contributed by atoms with Crippen molar-refractivity contribution in [2.24, 2.45) is 0 Å². The average Bonchev–Trinajstić information content (AvgIpc) is 3.38. The summed E-state index contributed by atoms with van der Waals surface area (Å²) in [7, 11) is 0. The van der Waals surface area contributed by atoms with Crippen molar-refractivity contribution in [1.82, 2.24) is 29.7 Å². The summed E-state index contributed by atoms with van der Waals surface area (Å²) in [5, 5.41) is 27.6. The first kappa shape index (κ1) is 26.0. The molecule has 13 heteroatoms. The van der Waals surface area contributed by atoms with Gasteiger partial charge >= 0.3 is 6.03 Å². The SMILES string of the molecule is CC(C)N(CCCNC(=O)Nc1cccc(Cl)c1)C[C@H]1O[C@@H](n2cnc3c(N)ncnc32)[C@H](O)[C@H]1O. The summed E-state index contributed by atoms with van der Waals surface area (Å²) in [6, 6.07) is 6.77. The van der Waals surface area contributed by atoms with Crippen molar-refractivity contribution in [3.05, 3.63) is 41.9 Å². The Balaban J connectivity index is 1.30. The molecule has 4 atom stereocenters. The normalized spacial score (nSPS) is 22.0. The highest BCUT2D eigenvalue weighted by Gasteiger charge is 2.45. The van der Waals surface area contributed by atoms with E-state index >= 15 is 0 Å². The van der Waals surface area contributed by atoms with Crippen LogP contribution in [0.15, 0.2) is 36.9 Å². The van der Waals surface area contributed by atoms with Crippen LogP contribution in [0.3, 0.4) is 0 Å². The number of aromatic nitrogens is 4. The number of carbonyl (C=O) groups excluding carboxylic acids is 1. The third-order valence-electron chi connectivity index (χ3n) is 6.13. The van der Waals surface area contributed by atoms with Crippen LogP contribution in [0.1, 0.15) is 26.5 Å². The lowest BCUT2D eigenvalue weighted by Gasteiger charge is -2.30. The van der Waals surface area contributed by atoms with Gasteiger partial charge in [-0.15, -0.1) is 0 Å². The van der Waals surface area contributed by atoms with Crippen molar-refractivity contribution in [2.75, 3.05) is 30.7 Å². The Morgan fingerprint density at radius 2 is 2.08 bits per heavy atom. The molecule has 1 aliphatic heterocycles. The molecule has 3 aromatic rings. The predicted octanol–water partition coefficient (Wildman–Crippen LogP) is 1.60. The smallest absolute Gasteiger partial charge is 0.319 e. The predicted molar refractivity (Wildman–Crippen MR) is 135 cm³/mol. The maximum Gasteiger partial charge on any atom is 0.319 e. The van der Waals surface area contributed by atoms with Gasteiger partial charge in [0, 0.05) is 36.4 Å². The van der Waals surface area contributed by atoms with Crippen molar-refractivity contribution < 1.29 is 19.7 Å². The molecule has 1 aliphatic rings. The zero-order valence-electron chi connectivity index (χ0n) is 20.1. The number of halogens is 1. The number of nitrogens with zero attached hydrogens (tertiary/aromatic N) is 5. The second kappa shape index (κ2) is 11.4. The third-order valence-corrected chi connectivity index (χ3v) is 6.37. The van der Waals surface area contributed by atoms with E-state index in [-0.39, 0.29) is 17.9 Å². The monoisotopic (exact) mass is 518 g/mol. The Morgan fingerprint density at radius 3 is 2.83 bits per heavy atom. The zero-order chi connectivity index (χ0) is 25.8. The summed E-state index contributed by atoms with van der Waals surface area (Å²) in [6.07, 6.45) is -0.311. The molecule has 12 nitrogen and oxygen atoms in total. The molecule has 0 radical (unpaired) electrons. The lowest BCUT2D eigenvalue weighted by Crippen LogP contribution is -2.44. The molecule has 1 saturated heterocycles. The number of ether oxygens (including phenoxy) is 1. The summed E-state index contributed by atoms with van der Waals surface area (Å²) in [5.41, 5.74) is 7.29. The summed E-state index contributed by atoms with van der Waals surface area (Å²) < 4.78 is 7.63. The number of nitrogens with one attached hydrogen (secondary N) is 2. The van der Waals surface area contributed by atoms with Gasteiger partial charge in [-0.2, -0.15) is 0 Å². The van der Waals surface area contributed by atoms with E-state index in [0.29, 0.717) is 47.9 Å². The number of nitrogens with two attached hydrogens (primary N) is 1. The molecule has 6 N–H and O–H groups in total. The number of benzene rings is 1. The fourth-order valence-electron chi connectivity index (χ4n) is 4.18. The molecular formula is C23H31ClN8O4. The number of nitrogen functional groups attached to an aromatic ring is 1. The maximum absolute atomic E-state index is 12.1. The molecule has 0 spiro atoms. The van der Waals surface area contributed by atoms with Gasteiger partial charge in [-0.05, 0) is 38.5 Å². The van der Waals surface area contributed by atoms with Gasteiger partial charge in [-0.3, -0.25) is 9.47 Å². The van der Waals surface area contributed by atoms with E-state index in [4.69, 9.17) is 22.1 Å². The van der Waals surface area contributed by atoms with E-state index in [2.05, 4.69) is 30.5 Å². The van der Waals surface area contributed by atoms with Crippen molar-refractivity contribution in [3.63, 3.8) is 0 Å². The van der Waals surface area contributed by atoms with Crippen molar-refractivity contribution in [3.8, 4) is 0 Å². The van der Waals surface area contributed by atoms with E-state index in [0.717, 1.165) is 0 Å². The molecule has 1 fully saturated rings. The summed E-state index contributed by atoms with van der Waals surface area (Å²) >= 11 is 5.94. The van der Waals surface area contributed by atoms with E-state index in [9.17, 15) is 15.0 Å². The van der Waals surface area contributed by atoms with Crippen LogP contribution in [0.2, 0.25) is 5.02 Å². The van der Waals surface area contributed by atoms with Gasteiger partial charge in [0.15, 0.2) is 17.7 Å². The number of urea groups is 1. The fourth-order valence-corrected chi connectivity index (χ4v) is 4.37. The number of aliphatic hydroxyl groups is 2. The van der Waals surface area contributed by atoms with Crippen LogP contribution in [-0.2, 0) is 4.74 Å². The van der Waals surface area contributed by atoms with Crippen LogP contribution in [0.5, 0.6) is 0 Å². The highest BCUT2D eigenvalue weighted by Crippen LogP contribution is 2.32. The quantitative estimate of drug-likeness (QED) is 0.265. The zero-order valence-corrected chi connectivity index (χ0v) is 20.8. The van der Waals surface area contributed by atoms with Gasteiger partial charge in [0.2, 0.25) is 0 Å². The molecule has 0 bridgehead atoms. The Bertz CT molecular complexity index is 1190. The van der Waals surface area contributed by atoms with Crippen molar-refractivity contribution in [2.45, 2.75) is 50.8 Å². The lowest BCUT2D eigenvalue weighted by atomic mass is 10.1. The number of carbonyl (C=O) groups is 1. The molecule has 194 valence electrons. The lowest BCUT2D eigenvalue weighted by molar-refractivity contribution is -0.0468. The van der Waals surface area contributed by atoms with E-state index in [1.165, 1.54) is 12.7 Å². The average molecular weight is 519 g/mol. The van der Waals surface area contributed by atoms with Crippen LogP contribution in [0.4, 0.5) is 16.3 Å². The maximum atomic E-state index is 12.1. The topological polar surface area (TPSA) is 164 Å². The first-order valence-corrected chi connectivity index (χ1v) is 12.1. The molecule has 2 amide bonds. The van der Waals surface area contributed by atoms with Crippen molar-refractivity contribution >= 4 is 40.3 Å². The number of imidazole rings is 1. The molecule has 4 rings (SSSR count). The highest BCUT2D eigenvalue weighted by molar-refractivity contribution is 6.30. The molecule has 2 aromatic heterocycles. The van der Waals surface area contributed by atoms with Crippen molar-refractivity contribution in [1.29, 1.82) is 0 Å². The molecule has 1 aromatic carbocycles. The fraction of sp³-hybridized carbons (Fsp3) is 0.478. The standard InChI is InChI=1S/C23H31ClN8O4/c1-13(2)31(8-4-7-26-23(35)30-15-6-3-5-14(24)9-15)10-16-18(33)19(34)22(36-16)32-12-29-17-20(25)27-11-28-21(17)32/h3,5-6,9,11-13,16,18-19,22,33-34H,4,7-8,10H2,1-2H3,(H2,25,27,28)(H2,26,30,35)/t16-,18+,19-,22-/m1/s1. The number of rotatable bonds is 9. The van der Waals surface area contributed by atoms with E-state index < -0.39 is 24.5 Å². The molecule has 0 unspecified atom stereocenters. The van der Waals surface area contributed by atoms with Gasteiger partial charge in [-0.25, -0.2) is 19.7 Å². The van der Waals surface area contributed by atoms with Gasteiger partial charge in [0.05, 0.1) is 6.33 Å². The van der Waals surface area contributed by atoms with Crippen LogP contribution in [0, 0.1) is 0 Å². The van der Waals surface area contributed by atoms with Crippen LogP contribution in [0.25, 0.3) is 11.2 Å². The van der Waals surface area contributed by atoms with Crippen LogP contribution in [-0.4, -0.2) is 84.7 Å². The molecular weight excluding hydrogens is 488 g/mol. The molecule has 0 saturated carbocycles. The van der Waals surface area contributed by atoms with Gasteiger partial charge in [0.25, 0.3) is 0 Å². The summed E-state index contributed by atoms with van der Waals surface area (Å²) in [5.74, 6) is 0.226. The second-order valence-corrected chi connectivity index (χ2v) is 9.40. The number of hydrogen-bond acceptors (Lipinski definition) is 9. The molecule has 0 aliphatic carbocycles. The summed E-state index contributed by atoms with van der Waals surface area (Å²) in [4.78, 5) is 26.6. The number of anilines is 2. The third kappa shape index (κ3) is 5.85. The second-order valence-electron chi connectivity index (χ2n) is 8.96. The Kier molecular flexibility index (Phi) is 8.21. The number of fused-ring (bicyclic) bond motifs is 1. The van der Waals surface area contributed by atoms with Gasteiger partial charge < -0.3 is 31.3 Å². The molecule has 3 heterocycles.